The maximum atomic E-state index is 12.4. The Labute approximate surface area is 166 Å². The van der Waals surface area contributed by atoms with Crippen LogP contribution in [0, 0.1) is 6.92 Å². The van der Waals surface area contributed by atoms with Gasteiger partial charge in [-0.3, -0.25) is 4.79 Å². The minimum absolute atomic E-state index is 0.0420. The highest BCUT2D eigenvalue weighted by molar-refractivity contribution is 9.10. The molecule has 4 aromatic rings. The average Bonchev–Trinajstić information content (AvgIpc) is 2.66. The van der Waals surface area contributed by atoms with Crippen molar-refractivity contribution in [1.29, 1.82) is 0 Å². The molecule has 0 unspecified atom stereocenters. The van der Waals surface area contributed by atoms with Crippen LogP contribution in [0.4, 0.5) is 0 Å². The third-order valence-corrected chi connectivity index (χ3v) is 5.43. The predicted molar refractivity (Wildman–Crippen MR) is 116 cm³/mol. The van der Waals surface area contributed by atoms with Crippen LogP contribution in [0.5, 0.6) is 0 Å². The molecular formula is C23H21BrN2O. The molecule has 1 heterocycles. The summed E-state index contributed by atoms with van der Waals surface area (Å²) in [6, 6.07) is 18.9. The molecule has 0 saturated heterocycles. The summed E-state index contributed by atoms with van der Waals surface area (Å²) in [5, 5.41) is 7.40. The molecule has 0 aliphatic rings. The number of halogens is 1. The van der Waals surface area contributed by atoms with Gasteiger partial charge in [-0.15, -0.1) is 0 Å². The fraction of sp³-hybridized carbons (Fsp3) is 0.174. The summed E-state index contributed by atoms with van der Waals surface area (Å²) in [6.07, 6.45) is 2.63. The molecule has 0 saturated carbocycles. The molecule has 27 heavy (non-hydrogen) atoms. The first kappa shape index (κ1) is 18.0. The van der Waals surface area contributed by atoms with Gasteiger partial charge in [0.15, 0.2) is 0 Å². The second-order valence-corrected chi connectivity index (χ2v) is 7.82. The molecule has 2 N–H and O–H groups in total. The number of aryl methyl sites for hydroxylation is 1. The van der Waals surface area contributed by atoms with E-state index in [9.17, 15) is 4.79 Å². The first-order chi connectivity index (χ1) is 13.1. The van der Waals surface area contributed by atoms with E-state index in [-0.39, 0.29) is 5.56 Å². The van der Waals surface area contributed by atoms with E-state index in [1.165, 1.54) is 16.7 Å². The number of nitrogens with one attached hydrogen (secondary N) is 2. The van der Waals surface area contributed by atoms with Crippen LogP contribution < -0.4 is 10.9 Å². The molecule has 1 aromatic heterocycles. The standard InChI is InChI=1S/C23H21BrN2O/c1-15-2-4-16(5-3-15)14-25-10-8-17-12-18-9-11-26-23(27)22(18)21-13-19(24)6-7-20(17)21/h2-7,9,11-13,25H,8,10,14H2,1H3,(H,26,27). The van der Waals surface area contributed by atoms with Gasteiger partial charge in [-0.1, -0.05) is 57.9 Å². The third kappa shape index (κ3) is 3.82. The molecule has 0 amide bonds. The van der Waals surface area contributed by atoms with E-state index in [1.54, 1.807) is 6.20 Å². The molecule has 0 spiro atoms. The number of aromatic nitrogens is 1. The maximum Gasteiger partial charge on any atom is 0.256 e. The van der Waals surface area contributed by atoms with Crippen LogP contribution in [0.2, 0.25) is 0 Å². The van der Waals surface area contributed by atoms with Crippen LogP contribution in [0.3, 0.4) is 0 Å². The zero-order valence-corrected chi connectivity index (χ0v) is 16.8. The summed E-state index contributed by atoms with van der Waals surface area (Å²) in [5.41, 5.74) is 3.79. The van der Waals surface area contributed by atoms with Crippen molar-refractivity contribution in [3.63, 3.8) is 0 Å². The van der Waals surface area contributed by atoms with E-state index < -0.39 is 0 Å². The normalized spacial score (nSPS) is 11.3. The highest BCUT2D eigenvalue weighted by Crippen LogP contribution is 2.29. The Hall–Kier alpha value is -2.43. The van der Waals surface area contributed by atoms with Gasteiger partial charge in [0, 0.05) is 17.2 Å². The molecule has 3 nitrogen and oxygen atoms in total. The molecule has 4 heteroatoms. The molecule has 0 aliphatic heterocycles. The molecule has 3 aromatic carbocycles. The Bertz CT molecular complexity index is 1160. The van der Waals surface area contributed by atoms with Crippen molar-refractivity contribution in [3.05, 3.63) is 92.3 Å². The zero-order chi connectivity index (χ0) is 18.8. The van der Waals surface area contributed by atoms with E-state index in [0.29, 0.717) is 0 Å². The topological polar surface area (TPSA) is 44.9 Å². The van der Waals surface area contributed by atoms with Gasteiger partial charge in [0.25, 0.3) is 5.56 Å². The predicted octanol–water partition coefficient (Wildman–Crippen LogP) is 5.08. The highest BCUT2D eigenvalue weighted by Gasteiger charge is 2.10. The fourth-order valence-electron chi connectivity index (χ4n) is 3.53. The van der Waals surface area contributed by atoms with Gasteiger partial charge in [0.05, 0.1) is 5.39 Å². The number of benzene rings is 3. The number of aromatic amines is 1. The highest BCUT2D eigenvalue weighted by atomic mass is 79.9. The van der Waals surface area contributed by atoms with Crippen molar-refractivity contribution in [2.45, 2.75) is 19.9 Å². The number of pyridine rings is 1. The SMILES string of the molecule is Cc1ccc(CNCCc2cc3cc[nH]c(=O)c3c3cc(Br)ccc23)cc1. The fourth-order valence-corrected chi connectivity index (χ4v) is 3.89. The number of rotatable bonds is 5. The summed E-state index contributed by atoms with van der Waals surface area (Å²) in [6.45, 7) is 3.84. The quantitative estimate of drug-likeness (QED) is 0.349. The third-order valence-electron chi connectivity index (χ3n) is 4.94. The van der Waals surface area contributed by atoms with E-state index in [0.717, 1.165) is 45.5 Å². The molecule has 0 atom stereocenters. The van der Waals surface area contributed by atoms with E-state index >= 15 is 0 Å². The number of H-pyrrole nitrogens is 1. The molecule has 0 radical (unpaired) electrons. The van der Waals surface area contributed by atoms with Crippen molar-refractivity contribution in [1.82, 2.24) is 10.3 Å². The summed E-state index contributed by atoms with van der Waals surface area (Å²) in [5.74, 6) is 0. The van der Waals surface area contributed by atoms with Gasteiger partial charge in [0.1, 0.15) is 0 Å². The number of hydrogen-bond acceptors (Lipinski definition) is 2. The van der Waals surface area contributed by atoms with Gasteiger partial charge in [0.2, 0.25) is 0 Å². The first-order valence-corrected chi connectivity index (χ1v) is 9.90. The molecule has 0 fully saturated rings. The number of fused-ring (bicyclic) bond motifs is 3. The van der Waals surface area contributed by atoms with Crippen molar-refractivity contribution in [2.24, 2.45) is 0 Å². The summed E-state index contributed by atoms with van der Waals surface area (Å²) in [7, 11) is 0. The second kappa shape index (κ2) is 7.67. The Morgan fingerprint density at radius 2 is 1.81 bits per heavy atom. The lowest BCUT2D eigenvalue weighted by atomic mass is 9.96. The molecule has 4 rings (SSSR count). The first-order valence-electron chi connectivity index (χ1n) is 9.10. The summed E-state index contributed by atoms with van der Waals surface area (Å²) in [4.78, 5) is 15.2. The van der Waals surface area contributed by atoms with Gasteiger partial charge in [-0.05, 0) is 65.4 Å². The van der Waals surface area contributed by atoms with Gasteiger partial charge in [-0.2, -0.15) is 0 Å². The minimum Gasteiger partial charge on any atom is -0.329 e. The Kier molecular flexibility index (Phi) is 5.10. The van der Waals surface area contributed by atoms with Crippen LogP contribution >= 0.6 is 15.9 Å². The van der Waals surface area contributed by atoms with Gasteiger partial charge >= 0.3 is 0 Å². The lowest BCUT2D eigenvalue weighted by molar-refractivity contribution is 0.688. The lowest BCUT2D eigenvalue weighted by Gasteiger charge is -2.11. The molecular weight excluding hydrogens is 400 g/mol. The molecule has 0 bridgehead atoms. The average molecular weight is 421 g/mol. The van der Waals surface area contributed by atoms with Crippen LogP contribution in [-0.4, -0.2) is 11.5 Å². The van der Waals surface area contributed by atoms with E-state index in [2.05, 4.69) is 69.6 Å². The van der Waals surface area contributed by atoms with Crippen molar-refractivity contribution < 1.29 is 0 Å². The summed E-state index contributed by atoms with van der Waals surface area (Å²) >= 11 is 3.54. The lowest BCUT2D eigenvalue weighted by Crippen LogP contribution is -2.17. The van der Waals surface area contributed by atoms with E-state index in [4.69, 9.17) is 0 Å². The van der Waals surface area contributed by atoms with Crippen molar-refractivity contribution >= 4 is 37.5 Å². The molecule has 136 valence electrons. The van der Waals surface area contributed by atoms with Crippen LogP contribution in [0.25, 0.3) is 21.5 Å². The maximum absolute atomic E-state index is 12.4. The Balaban J connectivity index is 1.61. The zero-order valence-electron chi connectivity index (χ0n) is 15.2. The second-order valence-electron chi connectivity index (χ2n) is 6.91. The van der Waals surface area contributed by atoms with Crippen molar-refractivity contribution in [3.8, 4) is 0 Å². The Morgan fingerprint density at radius 3 is 2.63 bits per heavy atom. The van der Waals surface area contributed by atoms with Crippen LogP contribution in [0.1, 0.15) is 16.7 Å². The smallest absolute Gasteiger partial charge is 0.256 e. The summed E-state index contributed by atoms with van der Waals surface area (Å²) < 4.78 is 0.981. The minimum atomic E-state index is -0.0420. The van der Waals surface area contributed by atoms with E-state index in [1.807, 2.05) is 18.2 Å². The van der Waals surface area contributed by atoms with Crippen LogP contribution in [-0.2, 0) is 13.0 Å². The number of hydrogen-bond donors (Lipinski definition) is 2. The van der Waals surface area contributed by atoms with Gasteiger partial charge in [-0.25, -0.2) is 0 Å². The molecule has 0 aliphatic carbocycles. The largest absolute Gasteiger partial charge is 0.329 e. The van der Waals surface area contributed by atoms with Crippen LogP contribution in [0.15, 0.2) is 70.1 Å². The van der Waals surface area contributed by atoms with Crippen molar-refractivity contribution in [2.75, 3.05) is 6.54 Å². The monoisotopic (exact) mass is 420 g/mol. The Morgan fingerprint density at radius 1 is 1.00 bits per heavy atom. The van der Waals surface area contributed by atoms with Gasteiger partial charge < -0.3 is 10.3 Å².